The van der Waals surface area contributed by atoms with Crippen LogP contribution in [-0.4, -0.2) is 45.7 Å². The molecule has 15 heavy (non-hydrogen) atoms. The second-order valence-corrected chi connectivity index (χ2v) is 4.44. The van der Waals surface area contributed by atoms with E-state index in [0.29, 0.717) is 11.8 Å². The molecule has 1 saturated heterocycles. The number of hydrogen-bond acceptors (Lipinski definition) is 4. The van der Waals surface area contributed by atoms with Crippen LogP contribution in [0, 0.1) is 11.1 Å². The standard InChI is InChI=1S/C10H17N3O2/c1-7(2)9-11-10(13(9)15)12-5-3-8(14)4-6-12/h7-8,14H,3-6H2,1-2H3. The van der Waals surface area contributed by atoms with E-state index < -0.39 is 0 Å². The summed E-state index contributed by atoms with van der Waals surface area (Å²) < 4.78 is 0.919. The van der Waals surface area contributed by atoms with Crippen molar-refractivity contribution in [2.45, 2.75) is 32.8 Å². The van der Waals surface area contributed by atoms with Gasteiger partial charge in [0.2, 0.25) is 5.84 Å². The van der Waals surface area contributed by atoms with Gasteiger partial charge in [0.1, 0.15) is 0 Å². The number of nitrogens with zero attached hydrogens (tertiary/aromatic N) is 3. The minimum Gasteiger partial charge on any atom is -0.754 e. The molecule has 2 aliphatic rings. The summed E-state index contributed by atoms with van der Waals surface area (Å²) in [5.74, 6) is 1.31. The number of hydroxylamine groups is 1. The largest absolute Gasteiger partial charge is 0.754 e. The first-order chi connectivity index (χ1) is 7.09. The highest BCUT2D eigenvalue weighted by atomic mass is 16.5. The number of likely N-dealkylation sites (tertiary alicyclic amines) is 1. The fraction of sp³-hybridized carbons (Fsp3) is 0.800. The molecule has 0 aliphatic carbocycles. The zero-order valence-electron chi connectivity index (χ0n) is 9.18. The third-order valence-corrected chi connectivity index (χ3v) is 2.87. The Morgan fingerprint density at radius 2 is 2.07 bits per heavy atom. The Hall–Kier alpha value is -1.10. The van der Waals surface area contributed by atoms with Crippen LogP contribution in [-0.2, 0) is 0 Å². The summed E-state index contributed by atoms with van der Waals surface area (Å²) >= 11 is 0. The number of amidine groups is 1. The molecule has 0 bridgehead atoms. The van der Waals surface area contributed by atoms with Gasteiger partial charge in [-0.15, -0.1) is 0 Å². The minimum absolute atomic E-state index is 0.182. The average molecular weight is 211 g/mol. The summed E-state index contributed by atoms with van der Waals surface area (Å²) in [6, 6.07) is 0. The van der Waals surface area contributed by atoms with E-state index in [4.69, 9.17) is 0 Å². The van der Waals surface area contributed by atoms with Gasteiger partial charge in [-0.1, -0.05) is 18.8 Å². The van der Waals surface area contributed by atoms with Crippen LogP contribution in [0.1, 0.15) is 26.7 Å². The first kappa shape index (κ1) is 10.4. The van der Waals surface area contributed by atoms with E-state index in [2.05, 4.69) is 4.99 Å². The van der Waals surface area contributed by atoms with Gasteiger partial charge in [-0.2, -0.15) is 0 Å². The molecule has 2 heterocycles. The molecule has 0 radical (unpaired) electrons. The van der Waals surface area contributed by atoms with Crippen molar-refractivity contribution in [3.8, 4) is 0 Å². The Kier molecular flexibility index (Phi) is 2.65. The molecule has 0 amide bonds. The van der Waals surface area contributed by atoms with Crippen LogP contribution in [0.4, 0.5) is 0 Å². The molecule has 0 aromatic carbocycles. The van der Waals surface area contributed by atoms with Crippen LogP contribution < -0.4 is 0 Å². The van der Waals surface area contributed by atoms with Crippen LogP contribution in [0.5, 0.6) is 0 Å². The number of aliphatic imine (C=N–C) groups is 1. The van der Waals surface area contributed by atoms with Crippen molar-refractivity contribution in [2.75, 3.05) is 13.1 Å². The van der Waals surface area contributed by atoms with E-state index in [9.17, 15) is 10.3 Å². The van der Waals surface area contributed by atoms with Crippen LogP contribution in [0.25, 0.3) is 0 Å². The topological polar surface area (TPSA) is 61.9 Å². The maximum absolute atomic E-state index is 11.6. The second-order valence-electron chi connectivity index (χ2n) is 4.44. The Morgan fingerprint density at radius 3 is 2.53 bits per heavy atom. The predicted octanol–water partition coefficient (Wildman–Crippen LogP) is 0.378. The van der Waals surface area contributed by atoms with Crippen LogP contribution in [0.15, 0.2) is 4.99 Å². The van der Waals surface area contributed by atoms with E-state index in [0.717, 1.165) is 30.7 Å². The molecule has 0 aromatic rings. The van der Waals surface area contributed by atoms with Gasteiger partial charge in [0.15, 0.2) is 0 Å². The zero-order valence-corrected chi connectivity index (χ0v) is 9.18. The maximum Gasteiger partial charge on any atom is 0.351 e. The fourth-order valence-electron chi connectivity index (χ4n) is 1.88. The monoisotopic (exact) mass is 211 g/mol. The molecule has 0 aromatic heterocycles. The smallest absolute Gasteiger partial charge is 0.351 e. The molecule has 0 atom stereocenters. The number of piperidine rings is 1. The zero-order chi connectivity index (χ0) is 11.0. The molecule has 84 valence electrons. The Bertz CT molecular complexity index is 315. The molecule has 2 aliphatic heterocycles. The van der Waals surface area contributed by atoms with Crippen LogP contribution >= 0.6 is 0 Å². The van der Waals surface area contributed by atoms with Crippen molar-refractivity contribution < 1.29 is 9.85 Å². The predicted molar refractivity (Wildman–Crippen MR) is 57.7 cm³/mol. The minimum atomic E-state index is -0.212. The van der Waals surface area contributed by atoms with Gasteiger partial charge in [0.25, 0.3) is 0 Å². The summed E-state index contributed by atoms with van der Waals surface area (Å²) in [5, 5.41) is 21.0. The fourth-order valence-corrected chi connectivity index (χ4v) is 1.88. The quantitative estimate of drug-likeness (QED) is 0.503. The molecule has 5 heteroatoms. The molecular formula is C10H17N3O2. The second kappa shape index (κ2) is 3.81. The molecule has 1 N–H and O–H groups in total. The lowest BCUT2D eigenvalue weighted by atomic mass is 10.1. The normalized spacial score (nSPS) is 23.2. The van der Waals surface area contributed by atoms with Crippen molar-refractivity contribution in [1.29, 1.82) is 0 Å². The summed E-state index contributed by atoms with van der Waals surface area (Å²) in [6.07, 6.45) is 1.24. The number of guanidine groups is 1. The van der Waals surface area contributed by atoms with E-state index in [1.54, 1.807) is 0 Å². The van der Waals surface area contributed by atoms with E-state index >= 15 is 0 Å². The number of hydrogen-bond donors (Lipinski definition) is 1. The molecular weight excluding hydrogens is 194 g/mol. The summed E-state index contributed by atoms with van der Waals surface area (Å²) in [7, 11) is 0. The van der Waals surface area contributed by atoms with Gasteiger partial charge in [0.05, 0.1) is 19.2 Å². The molecule has 0 spiro atoms. The molecule has 0 saturated carbocycles. The van der Waals surface area contributed by atoms with Crippen molar-refractivity contribution in [2.24, 2.45) is 10.9 Å². The summed E-state index contributed by atoms with van der Waals surface area (Å²) in [6.45, 7) is 5.37. The highest BCUT2D eigenvalue weighted by Crippen LogP contribution is 2.16. The third kappa shape index (κ3) is 1.84. The number of rotatable bonds is 1. The number of aliphatic hydroxyl groups excluding tert-OH is 1. The first-order valence-electron chi connectivity index (χ1n) is 5.45. The molecule has 0 unspecified atom stereocenters. The Morgan fingerprint density at radius 1 is 1.47 bits per heavy atom. The highest BCUT2D eigenvalue weighted by molar-refractivity contribution is 6.00. The third-order valence-electron chi connectivity index (χ3n) is 2.87. The van der Waals surface area contributed by atoms with Crippen molar-refractivity contribution in [3.05, 3.63) is 5.21 Å². The van der Waals surface area contributed by atoms with Gasteiger partial charge in [0, 0.05) is 18.8 Å². The van der Waals surface area contributed by atoms with Crippen LogP contribution in [0.2, 0.25) is 0 Å². The van der Waals surface area contributed by atoms with Gasteiger partial charge in [-0.25, -0.2) is 4.74 Å². The Balaban J connectivity index is 1.97. The van der Waals surface area contributed by atoms with E-state index in [-0.39, 0.29) is 12.0 Å². The summed E-state index contributed by atoms with van der Waals surface area (Å²) in [4.78, 5) is 6.19. The van der Waals surface area contributed by atoms with Crippen molar-refractivity contribution in [1.82, 2.24) is 4.90 Å². The highest BCUT2D eigenvalue weighted by Gasteiger charge is 2.32. The van der Waals surface area contributed by atoms with Gasteiger partial charge in [-0.05, 0) is 0 Å². The molecule has 1 fully saturated rings. The molecule has 2 rings (SSSR count). The maximum atomic E-state index is 11.6. The van der Waals surface area contributed by atoms with Gasteiger partial charge in [-0.3, -0.25) is 4.90 Å². The lowest BCUT2D eigenvalue weighted by Gasteiger charge is -2.33. The lowest BCUT2D eigenvalue weighted by molar-refractivity contribution is -0.355. The summed E-state index contributed by atoms with van der Waals surface area (Å²) in [5.41, 5.74) is 0. The average Bonchev–Trinajstić information content (AvgIpc) is 2.18. The first-order valence-corrected chi connectivity index (χ1v) is 5.45. The molecule has 5 nitrogen and oxygen atoms in total. The van der Waals surface area contributed by atoms with E-state index in [1.165, 1.54) is 0 Å². The SMILES string of the molecule is CC(C)C1=NC(N2CCC(O)CC2)=[N+]1[O-]. The van der Waals surface area contributed by atoms with Crippen molar-refractivity contribution in [3.63, 3.8) is 0 Å². The van der Waals surface area contributed by atoms with Gasteiger partial charge < -0.3 is 10.3 Å². The van der Waals surface area contributed by atoms with Gasteiger partial charge >= 0.3 is 5.96 Å². The Labute approximate surface area is 89.3 Å². The lowest BCUT2D eigenvalue weighted by Crippen LogP contribution is -2.49. The van der Waals surface area contributed by atoms with E-state index in [1.807, 2.05) is 18.7 Å². The number of aliphatic hydroxyl groups is 1. The van der Waals surface area contributed by atoms with Crippen LogP contribution in [0.3, 0.4) is 0 Å². The van der Waals surface area contributed by atoms with Crippen molar-refractivity contribution >= 4 is 11.8 Å².